The van der Waals surface area contributed by atoms with Gasteiger partial charge in [0.1, 0.15) is 0 Å². The highest BCUT2D eigenvalue weighted by Gasteiger charge is 2.07. The predicted octanol–water partition coefficient (Wildman–Crippen LogP) is 2.50. The second kappa shape index (κ2) is 4.53. The zero-order chi connectivity index (χ0) is 8.97. The van der Waals surface area contributed by atoms with E-state index in [0.717, 1.165) is 0 Å². The molecule has 0 heterocycles. The second-order valence-electron chi connectivity index (χ2n) is 2.83. The van der Waals surface area contributed by atoms with Crippen LogP contribution in [0.4, 0.5) is 0 Å². The van der Waals surface area contributed by atoms with Gasteiger partial charge in [0.15, 0.2) is 0 Å². The summed E-state index contributed by atoms with van der Waals surface area (Å²) in [4.78, 5) is 1.26. The molecular formula is C10H14OS. The molecule has 0 bridgehead atoms. The Morgan fingerprint density at radius 1 is 1.42 bits per heavy atom. The van der Waals surface area contributed by atoms with E-state index < -0.39 is 0 Å². The summed E-state index contributed by atoms with van der Waals surface area (Å²) in [6.45, 7) is 2.26. The van der Waals surface area contributed by atoms with Crippen molar-refractivity contribution in [3.63, 3.8) is 0 Å². The molecule has 1 N–H and O–H groups in total. The number of hydrogen-bond donors (Lipinski definition) is 1. The Labute approximate surface area is 77.8 Å². The SMILES string of the molecule is CSc1ccccc1C(C)CO. The van der Waals surface area contributed by atoms with E-state index in [4.69, 9.17) is 5.11 Å². The lowest BCUT2D eigenvalue weighted by atomic mass is 10.0. The Morgan fingerprint density at radius 3 is 2.67 bits per heavy atom. The van der Waals surface area contributed by atoms with E-state index in [1.165, 1.54) is 10.5 Å². The van der Waals surface area contributed by atoms with Crippen molar-refractivity contribution in [1.29, 1.82) is 0 Å². The monoisotopic (exact) mass is 182 g/mol. The summed E-state index contributed by atoms with van der Waals surface area (Å²) < 4.78 is 0. The lowest BCUT2D eigenvalue weighted by Crippen LogP contribution is -1.99. The Bertz CT molecular complexity index is 247. The van der Waals surface area contributed by atoms with Gasteiger partial charge in [0.25, 0.3) is 0 Å². The first kappa shape index (κ1) is 9.62. The summed E-state index contributed by atoms with van der Waals surface area (Å²) >= 11 is 1.73. The standard InChI is InChI=1S/C10H14OS/c1-8(7-11)9-5-3-4-6-10(9)12-2/h3-6,8,11H,7H2,1-2H3. The summed E-state index contributed by atoms with van der Waals surface area (Å²) in [6.07, 6.45) is 2.06. The van der Waals surface area contributed by atoms with Crippen LogP contribution in [-0.2, 0) is 0 Å². The van der Waals surface area contributed by atoms with Gasteiger partial charge in [0.2, 0.25) is 0 Å². The van der Waals surface area contributed by atoms with Crippen LogP contribution in [0.15, 0.2) is 29.2 Å². The molecule has 12 heavy (non-hydrogen) atoms. The van der Waals surface area contributed by atoms with Crippen molar-refractivity contribution in [3.8, 4) is 0 Å². The van der Waals surface area contributed by atoms with Gasteiger partial charge in [-0.05, 0) is 17.9 Å². The van der Waals surface area contributed by atoms with E-state index in [1.54, 1.807) is 11.8 Å². The molecule has 0 saturated carbocycles. The number of aliphatic hydroxyl groups is 1. The van der Waals surface area contributed by atoms with Gasteiger partial charge in [-0.25, -0.2) is 0 Å². The molecule has 1 aromatic rings. The van der Waals surface area contributed by atoms with Gasteiger partial charge in [-0.2, -0.15) is 0 Å². The van der Waals surface area contributed by atoms with E-state index in [2.05, 4.69) is 18.4 Å². The van der Waals surface area contributed by atoms with Crippen molar-refractivity contribution in [2.75, 3.05) is 12.9 Å². The van der Waals surface area contributed by atoms with Crippen LogP contribution in [-0.4, -0.2) is 18.0 Å². The molecule has 0 spiro atoms. The van der Waals surface area contributed by atoms with Crippen molar-refractivity contribution >= 4 is 11.8 Å². The summed E-state index contributed by atoms with van der Waals surface area (Å²) in [5, 5.41) is 9.00. The lowest BCUT2D eigenvalue weighted by Gasteiger charge is -2.11. The first-order valence-corrected chi connectivity index (χ1v) is 5.25. The van der Waals surface area contributed by atoms with Gasteiger partial charge >= 0.3 is 0 Å². The third-order valence-corrected chi connectivity index (χ3v) is 2.76. The first-order chi connectivity index (χ1) is 5.79. The van der Waals surface area contributed by atoms with Gasteiger partial charge in [-0.15, -0.1) is 11.8 Å². The molecule has 0 aliphatic heterocycles. The molecule has 1 nitrogen and oxygen atoms in total. The molecule has 1 unspecified atom stereocenters. The van der Waals surface area contributed by atoms with Crippen LogP contribution in [0.1, 0.15) is 18.4 Å². The fourth-order valence-corrected chi connectivity index (χ4v) is 1.89. The van der Waals surface area contributed by atoms with E-state index in [1.807, 2.05) is 19.1 Å². The van der Waals surface area contributed by atoms with Crippen LogP contribution in [0.3, 0.4) is 0 Å². The Balaban J connectivity index is 2.96. The molecule has 0 aliphatic carbocycles. The van der Waals surface area contributed by atoms with Crippen LogP contribution in [0.5, 0.6) is 0 Å². The van der Waals surface area contributed by atoms with E-state index in [9.17, 15) is 0 Å². The van der Waals surface area contributed by atoms with Gasteiger partial charge < -0.3 is 5.11 Å². The van der Waals surface area contributed by atoms with Crippen molar-refractivity contribution in [3.05, 3.63) is 29.8 Å². The number of thioether (sulfide) groups is 1. The highest BCUT2D eigenvalue weighted by atomic mass is 32.2. The topological polar surface area (TPSA) is 20.2 Å². The zero-order valence-corrected chi connectivity index (χ0v) is 8.27. The Kier molecular flexibility index (Phi) is 3.63. The summed E-state index contributed by atoms with van der Waals surface area (Å²) in [5.74, 6) is 0.244. The van der Waals surface area contributed by atoms with Crippen molar-refractivity contribution < 1.29 is 5.11 Å². The highest BCUT2D eigenvalue weighted by molar-refractivity contribution is 7.98. The van der Waals surface area contributed by atoms with Crippen molar-refractivity contribution in [2.24, 2.45) is 0 Å². The minimum atomic E-state index is 0.220. The van der Waals surface area contributed by atoms with Gasteiger partial charge in [-0.3, -0.25) is 0 Å². The molecule has 0 saturated heterocycles. The summed E-state index contributed by atoms with van der Waals surface area (Å²) in [6, 6.07) is 8.21. The molecule has 0 aromatic heterocycles. The maximum atomic E-state index is 9.00. The third-order valence-electron chi connectivity index (χ3n) is 1.94. The molecule has 1 rings (SSSR count). The number of hydrogen-bond acceptors (Lipinski definition) is 2. The molecule has 0 aliphatic rings. The highest BCUT2D eigenvalue weighted by Crippen LogP contribution is 2.26. The number of aliphatic hydroxyl groups excluding tert-OH is 1. The zero-order valence-electron chi connectivity index (χ0n) is 7.45. The molecule has 1 atom stereocenters. The summed E-state index contributed by atoms with van der Waals surface area (Å²) in [7, 11) is 0. The minimum absolute atomic E-state index is 0.220. The third kappa shape index (κ3) is 2.02. The van der Waals surface area contributed by atoms with Crippen molar-refractivity contribution in [2.45, 2.75) is 17.7 Å². The maximum Gasteiger partial charge on any atom is 0.0497 e. The maximum absolute atomic E-state index is 9.00. The average Bonchev–Trinajstić information content (AvgIpc) is 2.16. The molecule has 0 radical (unpaired) electrons. The average molecular weight is 182 g/mol. The van der Waals surface area contributed by atoms with E-state index in [0.29, 0.717) is 0 Å². The Morgan fingerprint density at radius 2 is 2.08 bits per heavy atom. The number of rotatable bonds is 3. The number of benzene rings is 1. The molecule has 66 valence electrons. The van der Waals surface area contributed by atoms with Gasteiger partial charge in [0.05, 0.1) is 0 Å². The fraction of sp³-hybridized carbons (Fsp3) is 0.400. The Hall–Kier alpha value is -0.470. The molecule has 1 aromatic carbocycles. The van der Waals surface area contributed by atoms with E-state index >= 15 is 0 Å². The van der Waals surface area contributed by atoms with E-state index in [-0.39, 0.29) is 12.5 Å². The lowest BCUT2D eigenvalue weighted by molar-refractivity contribution is 0.272. The molecule has 2 heteroatoms. The van der Waals surface area contributed by atoms with Crippen LogP contribution in [0.2, 0.25) is 0 Å². The molecule has 0 fully saturated rings. The van der Waals surface area contributed by atoms with Crippen LogP contribution in [0.25, 0.3) is 0 Å². The van der Waals surface area contributed by atoms with Crippen LogP contribution < -0.4 is 0 Å². The second-order valence-corrected chi connectivity index (χ2v) is 3.67. The quantitative estimate of drug-likeness (QED) is 0.725. The van der Waals surface area contributed by atoms with Crippen LogP contribution >= 0.6 is 11.8 Å². The largest absolute Gasteiger partial charge is 0.396 e. The van der Waals surface area contributed by atoms with Crippen molar-refractivity contribution in [1.82, 2.24) is 0 Å². The normalized spacial score (nSPS) is 12.9. The molecular weight excluding hydrogens is 168 g/mol. The summed E-state index contributed by atoms with van der Waals surface area (Å²) in [5.41, 5.74) is 1.24. The molecule has 0 amide bonds. The smallest absolute Gasteiger partial charge is 0.0497 e. The predicted molar refractivity (Wildman–Crippen MR) is 53.7 cm³/mol. The fourth-order valence-electron chi connectivity index (χ4n) is 1.17. The van der Waals surface area contributed by atoms with Gasteiger partial charge in [0, 0.05) is 17.4 Å². The van der Waals surface area contributed by atoms with Gasteiger partial charge in [-0.1, -0.05) is 25.1 Å². The minimum Gasteiger partial charge on any atom is -0.396 e. The first-order valence-electron chi connectivity index (χ1n) is 4.03. The van der Waals surface area contributed by atoms with Crippen LogP contribution in [0, 0.1) is 0 Å².